The number of aryl methyl sites for hydroxylation is 2. The zero-order chi connectivity index (χ0) is 23.7. The molecule has 5 rings (SSSR count). The molecular formula is C27H31ClIN3O2. The van der Waals surface area contributed by atoms with Crippen LogP contribution in [-0.2, 0) is 22.4 Å². The van der Waals surface area contributed by atoms with Gasteiger partial charge in [-0.25, -0.2) is 0 Å². The molecular weight excluding hydrogens is 561 g/mol. The van der Waals surface area contributed by atoms with Gasteiger partial charge in [0, 0.05) is 71.1 Å². The quantitative estimate of drug-likeness (QED) is 0.348. The van der Waals surface area contributed by atoms with Crippen molar-refractivity contribution in [2.75, 3.05) is 26.2 Å². The van der Waals surface area contributed by atoms with Crippen LogP contribution in [0, 0.1) is 5.92 Å². The highest BCUT2D eigenvalue weighted by Crippen LogP contribution is 2.35. The minimum absolute atomic E-state index is 0.0390. The average molecular weight is 592 g/mol. The number of aromatic nitrogens is 1. The molecule has 0 saturated carbocycles. The third-order valence-corrected chi connectivity index (χ3v) is 8.71. The molecule has 1 unspecified atom stereocenters. The Hall–Kier alpha value is -1.51. The summed E-state index contributed by atoms with van der Waals surface area (Å²) in [5.74, 6) is 0.620. The number of amides is 1. The fourth-order valence-electron chi connectivity index (χ4n) is 5.86. The molecule has 5 nitrogen and oxygen atoms in total. The molecule has 3 aliphatic rings. The van der Waals surface area contributed by atoms with Crippen molar-refractivity contribution in [2.45, 2.75) is 56.9 Å². The fourth-order valence-corrected chi connectivity index (χ4v) is 6.83. The minimum Gasteiger partial charge on any atom is -0.342 e. The van der Waals surface area contributed by atoms with E-state index >= 15 is 0 Å². The van der Waals surface area contributed by atoms with Gasteiger partial charge in [-0.3, -0.25) is 19.5 Å². The molecule has 1 amide bonds. The second kappa shape index (κ2) is 10.6. The molecule has 2 atom stereocenters. The van der Waals surface area contributed by atoms with Crippen molar-refractivity contribution in [3.8, 4) is 0 Å². The summed E-state index contributed by atoms with van der Waals surface area (Å²) >= 11 is 8.27. The van der Waals surface area contributed by atoms with E-state index in [1.807, 2.05) is 51.8 Å². The number of carbonyl (C=O) groups is 2. The van der Waals surface area contributed by atoms with Crippen LogP contribution in [0.15, 0.2) is 36.4 Å². The summed E-state index contributed by atoms with van der Waals surface area (Å²) in [5, 5.41) is 0.602. The van der Waals surface area contributed by atoms with E-state index in [0.717, 1.165) is 57.3 Å². The van der Waals surface area contributed by atoms with Crippen LogP contribution in [0.25, 0.3) is 0 Å². The van der Waals surface area contributed by atoms with Crippen molar-refractivity contribution in [3.63, 3.8) is 0 Å². The van der Waals surface area contributed by atoms with Gasteiger partial charge in [0.25, 0.3) is 0 Å². The molecule has 34 heavy (non-hydrogen) atoms. The van der Waals surface area contributed by atoms with Crippen LogP contribution in [0.2, 0.25) is 5.02 Å². The van der Waals surface area contributed by atoms with Gasteiger partial charge in [-0.05, 0) is 68.2 Å². The summed E-state index contributed by atoms with van der Waals surface area (Å²) in [6, 6.07) is 11.6. The second-order valence-corrected chi connectivity index (χ2v) is 11.3. The normalized spacial score (nSPS) is 22.4. The van der Waals surface area contributed by atoms with Gasteiger partial charge in [0.1, 0.15) is 6.04 Å². The number of hydrogen-bond acceptors (Lipinski definition) is 4. The first-order valence-electron chi connectivity index (χ1n) is 12.5. The SMILES string of the molecule is O=C(I)C(c1ccccc1Cl)N1CC[C@@H](C(=O)N2CCC(c3ccc4c(n3)CCCC4)CC2)C1. The van der Waals surface area contributed by atoms with Gasteiger partial charge in [-0.2, -0.15) is 0 Å². The van der Waals surface area contributed by atoms with Gasteiger partial charge in [0.15, 0.2) is 0 Å². The summed E-state index contributed by atoms with van der Waals surface area (Å²) in [7, 11) is 0. The molecule has 7 heteroatoms. The van der Waals surface area contributed by atoms with Crippen molar-refractivity contribution in [1.29, 1.82) is 0 Å². The third-order valence-electron chi connectivity index (χ3n) is 7.77. The van der Waals surface area contributed by atoms with E-state index in [9.17, 15) is 9.59 Å². The number of rotatable bonds is 5. The lowest BCUT2D eigenvalue weighted by molar-refractivity contribution is -0.136. The van der Waals surface area contributed by atoms with E-state index in [1.165, 1.54) is 29.8 Å². The Bertz CT molecular complexity index is 1070. The highest BCUT2D eigenvalue weighted by atomic mass is 127. The zero-order valence-corrected chi connectivity index (χ0v) is 22.3. The van der Waals surface area contributed by atoms with Crippen molar-refractivity contribution in [2.24, 2.45) is 5.92 Å². The number of carbonyl (C=O) groups excluding carboxylic acids is 2. The van der Waals surface area contributed by atoms with Crippen molar-refractivity contribution < 1.29 is 9.59 Å². The largest absolute Gasteiger partial charge is 0.342 e. The topological polar surface area (TPSA) is 53.5 Å². The van der Waals surface area contributed by atoms with E-state index in [1.54, 1.807) is 0 Å². The maximum Gasteiger partial charge on any atom is 0.227 e. The van der Waals surface area contributed by atoms with Crippen molar-refractivity contribution in [3.05, 3.63) is 63.9 Å². The Balaban J connectivity index is 1.19. The van der Waals surface area contributed by atoms with E-state index < -0.39 is 6.04 Å². The summed E-state index contributed by atoms with van der Waals surface area (Å²) in [4.78, 5) is 35.0. The van der Waals surface area contributed by atoms with Crippen LogP contribution in [0.5, 0.6) is 0 Å². The summed E-state index contributed by atoms with van der Waals surface area (Å²) in [6.07, 6.45) is 7.52. The molecule has 1 aromatic carbocycles. The van der Waals surface area contributed by atoms with Gasteiger partial charge in [0.2, 0.25) is 9.70 Å². The van der Waals surface area contributed by atoms with Gasteiger partial charge in [-0.15, -0.1) is 0 Å². The molecule has 0 bridgehead atoms. The third kappa shape index (κ3) is 5.05. The number of piperidine rings is 1. The maximum absolute atomic E-state index is 13.3. The van der Waals surface area contributed by atoms with Crippen LogP contribution < -0.4 is 0 Å². The van der Waals surface area contributed by atoms with Crippen LogP contribution in [0.3, 0.4) is 0 Å². The molecule has 0 N–H and O–H groups in total. The molecule has 2 aromatic rings. The Morgan fingerprint density at radius 3 is 2.53 bits per heavy atom. The highest BCUT2D eigenvalue weighted by molar-refractivity contribution is 14.1. The average Bonchev–Trinajstić information content (AvgIpc) is 3.34. The van der Waals surface area contributed by atoms with Gasteiger partial charge >= 0.3 is 0 Å². The summed E-state index contributed by atoms with van der Waals surface area (Å²) in [6.45, 7) is 2.92. The Kier molecular flexibility index (Phi) is 7.56. The standard InChI is InChI=1S/C27H31ClIN3O2/c28-22-7-3-2-6-21(22)25(26(29)33)32-16-13-20(17-32)27(34)31-14-11-19(12-15-31)24-10-9-18-5-1-4-8-23(18)30-24/h2-3,6-7,9-10,19-20,25H,1,4-5,8,11-17H2/t20-,25?/m1/s1. The Morgan fingerprint density at radius 1 is 1.00 bits per heavy atom. The number of halogens is 2. The van der Waals surface area contributed by atoms with Crippen molar-refractivity contribution >= 4 is 43.9 Å². The molecule has 2 fully saturated rings. The molecule has 1 aromatic heterocycles. The first-order chi connectivity index (χ1) is 16.5. The molecule has 0 spiro atoms. The Labute approximate surface area is 220 Å². The monoisotopic (exact) mass is 591 g/mol. The van der Waals surface area contributed by atoms with E-state index in [4.69, 9.17) is 16.6 Å². The molecule has 0 radical (unpaired) electrons. The number of hydrogen-bond donors (Lipinski definition) is 0. The zero-order valence-electron chi connectivity index (χ0n) is 19.4. The lowest BCUT2D eigenvalue weighted by Gasteiger charge is -2.34. The number of nitrogens with zero attached hydrogens (tertiary/aromatic N) is 3. The van der Waals surface area contributed by atoms with Crippen LogP contribution >= 0.6 is 34.2 Å². The highest BCUT2D eigenvalue weighted by Gasteiger charge is 2.38. The lowest BCUT2D eigenvalue weighted by atomic mass is 9.90. The summed E-state index contributed by atoms with van der Waals surface area (Å²) in [5.41, 5.74) is 4.76. The molecule has 2 aliphatic heterocycles. The predicted molar refractivity (Wildman–Crippen MR) is 142 cm³/mol. The predicted octanol–water partition coefficient (Wildman–Crippen LogP) is 5.34. The van der Waals surface area contributed by atoms with Gasteiger partial charge in [0.05, 0.1) is 5.92 Å². The van der Waals surface area contributed by atoms with E-state index in [0.29, 0.717) is 17.5 Å². The molecule has 2 saturated heterocycles. The van der Waals surface area contributed by atoms with E-state index in [-0.39, 0.29) is 15.6 Å². The second-order valence-electron chi connectivity index (χ2n) is 9.86. The first kappa shape index (κ1) is 24.2. The molecule has 3 heterocycles. The smallest absolute Gasteiger partial charge is 0.227 e. The number of fused-ring (bicyclic) bond motifs is 1. The number of pyridine rings is 1. The number of benzene rings is 1. The lowest BCUT2D eigenvalue weighted by Crippen LogP contribution is -2.42. The van der Waals surface area contributed by atoms with Crippen molar-refractivity contribution in [1.82, 2.24) is 14.8 Å². The van der Waals surface area contributed by atoms with Gasteiger partial charge in [-0.1, -0.05) is 35.9 Å². The molecule has 1 aliphatic carbocycles. The minimum atomic E-state index is -0.395. The number of likely N-dealkylation sites (tertiary alicyclic amines) is 2. The van der Waals surface area contributed by atoms with E-state index in [2.05, 4.69) is 17.0 Å². The summed E-state index contributed by atoms with van der Waals surface area (Å²) < 4.78 is 0.0390. The van der Waals surface area contributed by atoms with Crippen LogP contribution in [0.1, 0.15) is 66.6 Å². The first-order valence-corrected chi connectivity index (χ1v) is 13.9. The van der Waals surface area contributed by atoms with Crippen LogP contribution in [0.4, 0.5) is 0 Å². The fraction of sp³-hybridized carbons (Fsp3) is 0.519. The molecule has 180 valence electrons. The maximum atomic E-state index is 13.3. The Morgan fingerprint density at radius 2 is 1.76 bits per heavy atom. The van der Waals surface area contributed by atoms with Gasteiger partial charge < -0.3 is 4.90 Å². The van der Waals surface area contributed by atoms with Crippen LogP contribution in [-0.4, -0.2) is 50.7 Å².